The fourth-order valence-corrected chi connectivity index (χ4v) is 2.91. The van der Waals surface area contributed by atoms with E-state index in [1.165, 1.54) is 0 Å². The monoisotopic (exact) mass is 369 g/mol. The molecule has 1 aliphatic rings. The average Bonchev–Trinajstić information content (AvgIpc) is 2.99. The van der Waals surface area contributed by atoms with E-state index in [0.717, 1.165) is 24.2 Å². The molecule has 2 N–H and O–H groups in total. The van der Waals surface area contributed by atoms with Gasteiger partial charge in [0.15, 0.2) is 0 Å². The lowest BCUT2D eigenvalue weighted by Crippen LogP contribution is -2.37. The van der Waals surface area contributed by atoms with E-state index in [-0.39, 0.29) is 36.6 Å². The molecule has 140 valence electrons. The molecule has 0 radical (unpaired) electrons. The van der Waals surface area contributed by atoms with Crippen molar-refractivity contribution >= 4 is 29.9 Å². The molecule has 7 heteroatoms. The van der Waals surface area contributed by atoms with Crippen LogP contribution >= 0.6 is 12.4 Å². The van der Waals surface area contributed by atoms with E-state index in [1.807, 2.05) is 24.3 Å². The highest BCUT2D eigenvalue weighted by atomic mass is 35.5. The molecular weight excluding hydrogens is 342 g/mol. The van der Waals surface area contributed by atoms with Crippen molar-refractivity contribution in [2.45, 2.75) is 19.8 Å². The van der Waals surface area contributed by atoms with Crippen molar-refractivity contribution in [3.05, 3.63) is 29.8 Å². The molecule has 1 aliphatic heterocycles. The van der Waals surface area contributed by atoms with Crippen LogP contribution in [0, 0.1) is 5.92 Å². The van der Waals surface area contributed by atoms with Crippen molar-refractivity contribution in [1.29, 1.82) is 0 Å². The lowest BCUT2D eigenvalue weighted by molar-refractivity contribution is -0.126. The zero-order valence-corrected chi connectivity index (χ0v) is 15.7. The maximum absolute atomic E-state index is 12.3. The van der Waals surface area contributed by atoms with Gasteiger partial charge in [0, 0.05) is 45.4 Å². The topological polar surface area (TPSA) is 70.7 Å². The molecule has 25 heavy (non-hydrogen) atoms. The molecule has 0 bridgehead atoms. The number of aryl methyl sites for hydroxylation is 1. The molecule has 0 aliphatic carbocycles. The Balaban J connectivity index is 0.00000312. The van der Waals surface area contributed by atoms with Crippen molar-refractivity contribution in [3.8, 4) is 0 Å². The molecule has 1 heterocycles. The van der Waals surface area contributed by atoms with Gasteiger partial charge in [-0.25, -0.2) is 0 Å². The summed E-state index contributed by atoms with van der Waals surface area (Å²) in [6.45, 7) is 5.18. The van der Waals surface area contributed by atoms with E-state index < -0.39 is 0 Å². The Labute approximate surface area is 155 Å². The quantitative estimate of drug-likeness (QED) is 0.645. The summed E-state index contributed by atoms with van der Waals surface area (Å²) in [4.78, 5) is 26.3. The molecule has 1 atom stereocenters. The van der Waals surface area contributed by atoms with Crippen molar-refractivity contribution < 1.29 is 14.3 Å². The average molecular weight is 370 g/mol. The van der Waals surface area contributed by atoms with E-state index >= 15 is 0 Å². The summed E-state index contributed by atoms with van der Waals surface area (Å²) in [5.41, 5.74) is 2.07. The van der Waals surface area contributed by atoms with Crippen LogP contribution in [0.25, 0.3) is 0 Å². The molecule has 1 unspecified atom stereocenters. The van der Waals surface area contributed by atoms with Gasteiger partial charge in [-0.3, -0.25) is 9.59 Å². The minimum Gasteiger partial charge on any atom is -0.383 e. The minimum absolute atomic E-state index is 0. The standard InChI is InChI=1S/C18H27N3O3.ClH/c1-3-14-6-4-5-7-16(14)21-13-15(12-17(21)22)18(23)20-9-8-19-10-11-24-2;/h4-7,15,19H,3,8-13H2,1-2H3,(H,20,23);1H. The first-order chi connectivity index (χ1) is 11.7. The number of methoxy groups -OCH3 is 1. The summed E-state index contributed by atoms with van der Waals surface area (Å²) in [6.07, 6.45) is 1.14. The van der Waals surface area contributed by atoms with Crippen LogP contribution < -0.4 is 15.5 Å². The Morgan fingerprint density at radius 3 is 2.76 bits per heavy atom. The smallest absolute Gasteiger partial charge is 0.227 e. The van der Waals surface area contributed by atoms with Crippen LogP contribution in [0.2, 0.25) is 0 Å². The SMILES string of the molecule is CCc1ccccc1N1CC(C(=O)NCCNCCOC)CC1=O.Cl. The van der Waals surface area contributed by atoms with Crippen molar-refractivity contribution in [2.24, 2.45) is 5.92 Å². The van der Waals surface area contributed by atoms with Gasteiger partial charge in [-0.05, 0) is 18.1 Å². The van der Waals surface area contributed by atoms with Crippen molar-refractivity contribution in [2.75, 3.05) is 44.8 Å². The Hall–Kier alpha value is -1.63. The van der Waals surface area contributed by atoms with Crippen LogP contribution in [0.5, 0.6) is 0 Å². The van der Waals surface area contributed by atoms with E-state index in [4.69, 9.17) is 4.74 Å². The first kappa shape index (κ1) is 21.4. The molecule has 1 aromatic rings. The van der Waals surface area contributed by atoms with E-state index in [0.29, 0.717) is 26.2 Å². The number of hydrogen-bond acceptors (Lipinski definition) is 4. The van der Waals surface area contributed by atoms with E-state index in [1.54, 1.807) is 12.0 Å². The van der Waals surface area contributed by atoms with Gasteiger partial charge in [0.25, 0.3) is 0 Å². The summed E-state index contributed by atoms with van der Waals surface area (Å²) in [5, 5.41) is 6.08. The zero-order chi connectivity index (χ0) is 17.4. The Morgan fingerprint density at radius 2 is 2.04 bits per heavy atom. The molecule has 1 aromatic carbocycles. The number of hydrogen-bond donors (Lipinski definition) is 2. The van der Waals surface area contributed by atoms with Gasteiger partial charge < -0.3 is 20.3 Å². The van der Waals surface area contributed by atoms with Gasteiger partial charge in [0.05, 0.1) is 12.5 Å². The highest BCUT2D eigenvalue weighted by Crippen LogP contribution is 2.28. The van der Waals surface area contributed by atoms with Crippen LogP contribution in [-0.2, 0) is 20.7 Å². The maximum atomic E-state index is 12.3. The summed E-state index contributed by atoms with van der Waals surface area (Å²) in [5.74, 6) is -0.302. The second-order valence-electron chi connectivity index (χ2n) is 5.92. The number of halogens is 1. The summed E-state index contributed by atoms with van der Waals surface area (Å²) >= 11 is 0. The van der Waals surface area contributed by atoms with Gasteiger partial charge >= 0.3 is 0 Å². The van der Waals surface area contributed by atoms with Crippen LogP contribution in [0.4, 0.5) is 5.69 Å². The molecule has 2 amide bonds. The number of carbonyl (C=O) groups is 2. The highest BCUT2D eigenvalue weighted by molar-refractivity contribution is 6.00. The molecule has 1 saturated heterocycles. The summed E-state index contributed by atoms with van der Waals surface area (Å²) in [6, 6.07) is 7.89. The zero-order valence-electron chi connectivity index (χ0n) is 14.9. The van der Waals surface area contributed by atoms with Gasteiger partial charge in [0.2, 0.25) is 11.8 Å². The Morgan fingerprint density at radius 1 is 1.28 bits per heavy atom. The molecule has 0 saturated carbocycles. The number of nitrogens with one attached hydrogen (secondary N) is 2. The van der Waals surface area contributed by atoms with Gasteiger partial charge in [-0.1, -0.05) is 25.1 Å². The third kappa shape index (κ3) is 5.99. The Bertz CT molecular complexity index is 568. The molecular formula is C18H28ClN3O3. The fraction of sp³-hybridized carbons (Fsp3) is 0.556. The molecule has 2 rings (SSSR count). The molecule has 0 spiro atoms. The van der Waals surface area contributed by atoms with Crippen LogP contribution in [0.1, 0.15) is 18.9 Å². The van der Waals surface area contributed by atoms with Crippen molar-refractivity contribution in [1.82, 2.24) is 10.6 Å². The molecule has 1 fully saturated rings. The number of amides is 2. The number of anilines is 1. The normalized spacial score (nSPS) is 16.6. The highest BCUT2D eigenvalue weighted by Gasteiger charge is 2.35. The van der Waals surface area contributed by atoms with Crippen LogP contribution in [0.15, 0.2) is 24.3 Å². The number of carbonyl (C=O) groups excluding carboxylic acids is 2. The van der Waals surface area contributed by atoms with Gasteiger partial charge in [-0.15, -0.1) is 12.4 Å². The largest absolute Gasteiger partial charge is 0.383 e. The third-order valence-electron chi connectivity index (χ3n) is 4.24. The molecule has 0 aromatic heterocycles. The number of para-hydroxylation sites is 1. The first-order valence-corrected chi connectivity index (χ1v) is 8.53. The maximum Gasteiger partial charge on any atom is 0.227 e. The predicted molar refractivity (Wildman–Crippen MR) is 101 cm³/mol. The van der Waals surface area contributed by atoms with Crippen LogP contribution in [0.3, 0.4) is 0 Å². The number of ether oxygens (including phenoxy) is 1. The third-order valence-corrected chi connectivity index (χ3v) is 4.24. The minimum atomic E-state index is -0.276. The summed E-state index contributed by atoms with van der Waals surface area (Å²) in [7, 11) is 1.66. The van der Waals surface area contributed by atoms with E-state index in [9.17, 15) is 9.59 Å². The van der Waals surface area contributed by atoms with Gasteiger partial charge in [-0.2, -0.15) is 0 Å². The summed E-state index contributed by atoms with van der Waals surface area (Å²) < 4.78 is 4.94. The number of rotatable bonds is 9. The second-order valence-corrected chi connectivity index (χ2v) is 5.92. The first-order valence-electron chi connectivity index (χ1n) is 8.53. The Kier molecular flexibility index (Phi) is 9.49. The lowest BCUT2D eigenvalue weighted by atomic mass is 10.1. The predicted octanol–water partition coefficient (Wildman–Crippen LogP) is 1.38. The second kappa shape index (κ2) is 11.1. The van der Waals surface area contributed by atoms with Gasteiger partial charge in [0.1, 0.15) is 0 Å². The molecule has 6 nitrogen and oxygen atoms in total. The fourth-order valence-electron chi connectivity index (χ4n) is 2.91. The van der Waals surface area contributed by atoms with Crippen LogP contribution in [-0.4, -0.2) is 51.7 Å². The van der Waals surface area contributed by atoms with Crippen molar-refractivity contribution in [3.63, 3.8) is 0 Å². The number of nitrogens with zero attached hydrogens (tertiary/aromatic N) is 1. The van der Waals surface area contributed by atoms with E-state index in [2.05, 4.69) is 17.6 Å². The lowest BCUT2D eigenvalue weighted by Gasteiger charge is -2.20. The number of benzene rings is 1.